The van der Waals surface area contributed by atoms with Gasteiger partial charge in [0.05, 0.1) is 5.56 Å². The zero-order chi connectivity index (χ0) is 23.2. The third-order valence-corrected chi connectivity index (χ3v) is 11.0. The van der Waals surface area contributed by atoms with Gasteiger partial charge in [0.1, 0.15) is 15.9 Å². The van der Waals surface area contributed by atoms with Crippen molar-refractivity contribution in [2.45, 2.75) is 5.78 Å². The number of aromatic nitrogens is 1. The fraction of sp³-hybridized carbons (Fsp3) is 0.0312. The molecule has 164 valence electrons. The van der Waals surface area contributed by atoms with Gasteiger partial charge in [-0.1, -0.05) is 85.5 Å². The molecule has 0 aliphatic rings. The Bertz CT molecular complexity index is 1240. The molecule has 1 unspecified atom stereocenters. The Kier molecular flexibility index (Phi) is 6.47. The van der Waals surface area contributed by atoms with Crippen molar-refractivity contribution >= 4 is 29.3 Å². The molecule has 0 radical (unpaired) electrons. The summed E-state index contributed by atoms with van der Waals surface area (Å²) in [5, 5.41) is 4.09. The summed E-state index contributed by atoms with van der Waals surface area (Å²) in [6.07, 6.45) is 6.31. The maximum absolute atomic E-state index is 3.96. The number of nitrogens with zero attached hydrogens (tertiary/aromatic N) is 1. The van der Waals surface area contributed by atoms with Gasteiger partial charge in [-0.15, -0.1) is 0 Å². The SMILES string of the molecule is C=Cc1ccc(C([n+]2ccccc2)[P+](c2ccccc2)(c2ccccc2)c2ccccc2)cc1. The van der Waals surface area contributed by atoms with Gasteiger partial charge in [0.25, 0.3) is 5.78 Å². The lowest BCUT2D eigenvalue weighted by molar-refractivity contribution is -0.693. The smallest absolute Gasteiger partial charge is 0.164 e. The van der Waals surface area contributed by atoms with Crippen LogP contribution in [0.4, 0.5) is 0 Å². The van der Waals surface area contributed by atoms with E-state index in [0.717, 1.165) is 5.56 Å². The molecular weight excluding hydrogens is 429 g/mol. The largest absolute Gasteiger partial charge is 0.295 e. The Morgan fingerprint density at radius 3 is 1.35 bits per heavy atom. The molecule has 0 aliphatic heterocycles. The van der Waals surface area contributed by atoms with Gasteiger partial charge in [-0.25, -0.2) is 0 Å². The van der Waals surface area contributed by atoms with Crippen molar-refractivity contribution < 1.29 is 4.57 Å². The summed E-state index contributed by atoms with van der Waals surface area (Å²) >= 11 is 0. The Hall–Kier alpha value is -3.80. The Morgan fingerprint density at radius 2 is 0.941 bits per heavy atom. The van der Waals surface area contributed by atoms with E-state index >= 15 is 0 Å². The van der Waals surface area contributed by atoms with Gasteiger partial charge in [-0.3, -0.25) is 0 Å². The van der Waals surface area contributed by atoms with Crippen LogP contribution in [0.25, 0.3) is 6.08 Å². The molecule has 4 aromatic carbocycles. The first-order valence-electron chi connectivity index (χ1n) is 11.6. The highest BCUT2D eigenvalue weighted by Gasteiger charge is 2.58. The predicted molar refractivity (Wildman–Crippen MR) is 146 cm³/mol. The van der Waals surface area contributed by atoms with E-state index in [0.29, 0.717) is 0 Å². The summed E-state index contributed by atoms with van der Waals surface area (Å²) < 4.78 is 2.39. The number of rotatable bonds is 7. The predicted octanol–water partition coefficient (Wildman–Crippen LogP) is 6.16. The molecule has 0 saturated carbocycles. The molecule has 34 heavy (non-hydrogen) atoms. The van der Waals surface area contributed by atoms with Crippen molar-refractivity contribution in [2.75, 3.05) is 0 Å². The van der Waals surface area contributed by atoms with Crippen LogP contribution in [0.15, 0.2) is 152 Å². The Balaban J connectivity index is 1.92. The molecule has 0 aliphatic carbocycles. The topological polar surface area (TPSA) is 3.88 Å². The monoisotopic (exact) mass is 457 g/mol. The first kappa shape index (κ1) is 22.0. The lowest BCUT2D eigenvalue weighted by atomic mass is 10.1. The van der Waals surface area contributed by atoms with E-state index in [4.69, 9.17) is 0 Å². The molecular formula is C32H28NP+2. The second-order valence-corrected chi connectivity index (χ2v) is 11.8. The molecule has 2 heteroatoms. The standard InChI is InChI=1S/C32H28NP/c1-2-27-21-23-28(24-22-27)32(33-25-13-6-14-26-33)34(29-15-7-3-8-16-29,30-17-9-4-10-18-30)31-19-11-5-12-20-31/h2-26,32H,1H2/q+2. The molecule has 1 heterocycles. The third-order valence-electron chi connectivity index (χ3n) is 6.35. The van der Waals surface area contributed by atoms with Crippen LogP contribution in [-0.2, 0) is 0 Å². The van der Waals surface area contributed by atoms with E-state index in [1.807, 2.05) is 6.08 Å². The fourth-order valence-corrected chi connectivity index (χ4v) is 9.68. The molecule has 1 nitrogen and oxygen atoms in total. The minimum absolute atomic E-state index is 0.0831. The van der Waals surface area contributed by atoms with Crippen LogP contribution in [0, 0.1) is 0 Å². The average molecular weight is 458 g/mol. The summed E-state index contributed by atoms with van der Waals surface area (Å²) in [5.41, 5.74) is 2.41. The van der Waals surface area contributed by atoms with E-state index in [-0.39, 0.29) is 5.78 Å². The minimum atomic E-state index is -2.19. The second-order valence-electron chi connectivity index (χ2n) is 8.30. The maximum atomic E-state index is 3.96. The van der Waals surface area contributed by atoms with Gasteiger partial charge in [0, 0.05) is 12.1 Å². The number of pyridine rings is 1. The fourth-order valence-electron chi connectivity index (χ4n) is 4.84. The average Bonchev–Trinajstić information content (AvgIpc) is 2.94. The zero-order valence-electron chi connectivity index (χ0n) is 19.1. The van der Waals surface area contributed by atoms with Crippen LogP contribution >= 0.6 is 7.26 Å². The van der Waals surface area contributed by atoms with Crippen molar-refractivity contribution in [3.8, 4) is 0 Å². The van der Waals surface area contributed by atoms with Crippen molar-refractivity contribution in [1.82, 2.24) is 0 Å². The van der Waals surface area contributed by atoms with Crippen molar-refractivity contribution in [1.29, 1.82) is 0 Å². The summed E-state index contributed by atoms with van der Waals surface area (Å²) in [5.74, 6) is 0.0831. The summed E-state index contributed by atoms with van der Waals surface area (Å²) in [7, 11) is -2.19. The van der Waals surface area contributed by atoms with Crippen LogP contribution in [0.1, 0.15) is 16.9 Å². The molecule has 5 aromatic rings. The highest BCUT2D eigenvalue weighted by Crippen LogP contribution is 2.65. The molecule has 0 spiro atoms. The summed E-state index contributed by atoms with van der Waals surface area (Å²) in [6, 6.07) is 48.4. The summed E-state index contributed by atoms with van der Waals surface area (Å²) in [4.78, 5) is 0. The van der Waals surface area contributed by atoms with E-state index in [2.05, 4.69) is 157 Å². The van der Waals surface area contributed by atoms with E-state index in [1.165, 1.54) is 21.5 Å². The van der Waals surface area contributed by atoms with E-state index in [1.54, 1.807) is 0 Å². The van der Waals surface area contributed by atoms with Gasteiger partial charge in [0.15, 0.2) is 19.7 Å². The first-order valence-corrected chi connectivity index (χ1v) is 13.4. The van der Waals surface area contributed by atoms with Crippen molar-refractivity contribution in [2.24, 2.45) is 0 Å². The molecule has 0 fully saturated rings. The molecule has 1 atom stereocenters. The van der Waals surface area contributed by atoms with Crippen LogP contribution in [0.3, 0.4) is 0 Å². The van der Waals surface area contributed by atoms with Crippen LogP contribution < -0.4 is 20.5 Å². The van der Waals surface area contributed by atoms with Crippen LogP contribution in [0.2, 0.25) is 0 Å². The quantitative estimate of drug-likeness (QED) is 0.204. The molecule has 0 N–H and O–H groups in total. The van der Waals surface area contributed by atoms with Gasteiger partial charge < -0.3 is 0 Å². The van der Waals surface area contributed by atoms with Crippen LogP contribution in [-0.4, -0.2) is 0 Å². The lowest BCUT2D eigenvalue weighted by Gasteiger charge is -2.31. The van der Waals surface area contributed by atoms with Gasteiger partial charge in [-0.05, 0) is 54.1 Å². The number of hydrogen-bond acceptors (Lipinski definition) is 0. The molecule has 0 bridgehead atoms. The maximum Gasteiger partial charge on any atom is 0.295 e. The summed E-state index contributed by atoms with van der Waals surface area (Å²) in [6.45, 7) is 3.96. The van der Waals surface area contributed by atoms with Gasteiger partial charge in [0.2, 0.25) is 0 Å². The first-order chi connectivity index (χ1) is 16.8. The highest BCUT2D eigenvalue weighted by atomic mass is 31.2. The van der Waals surface area contributed by atoms with Gasteiger partial charge in [-0.2, -0.15) is 4.57 Å². The number of hydrogen-bond donors (Lipinski definition) is 0. The van der Waals surface area contributed by atoms with E-state index < -0.39 is 7.26 Å². The third kappa shape index (κ3) is 4.00. The Morgan fingerprint density at radius 1 is 0.529 bits per heavy atom. The minimum Gasteiger partial charge on any atom is -0.164 e. The normalized spacial score (nSPS) is 12.1. The molecule has 5 rings (SSSR count). The van der Waals surface area contributed by atoms with Gasteiger partial charge >= 0.3 is 0 Å². The Labute approximate surface area is 203 Å². The van der Waals surface area contributed by atoms with Crippen molar-refractivity contribution in [3.05, 3.63) is 164 Å². The lowest BCUT2D eigenvalue weighted by Crippen LogP contribution is -2.49. The molecule has 0 saturated heterocycles. The van der Waals surface area contributed by atoms with Crippen molar-refractivity contribution in [3.63, 3.8) is 0 Å². The zero-order valence-corrected chi connectivity index (χ0v) is 20.0. The van der Waals surface area contributed by atoms with E-state index in [9.17, 15) is 0 Å². The molecule has 1 aromatic heterocycles. The number of benzene rings is 4. The highest BCUT2D eigenvalue weighted by molar-refractivity contribution is 7.95. The second kappa shape index (κ2) is 10.00. The molecule has 0 amide bonds. The van der Waals surface area contributed by atoms with Crippen LogP contribution in [0.5, 0.6) is 0 Å².